The smallest absolute Gasteiger partial charge is 0.323 e. The number of carbonyl (C=O) groups is 1. The van der Waals surface area contributed by atoms with Crippen molar-refractivity contribution < 1.29 is 9.90 Å². The summed E-state index contributed by atoms with van der Waals surface area (Å²) in [5, 5.41) is 12.7. The number of benzene rings is 1. The minimum absolute atomic E-state index is 0.112. The van der Waals surface area contributed by atoms with E-state index < -0.39 is 5.97 Å². The van der Waals surface area contributed by atoms with Crippen molar-refractivity contribution in [2.45, 2.75) is 6.54 Å². The molecule has 0 unspecified atom stereocenters. The van der Waals surface area contributed by atoms with E-state index in [-0.39, 0.29) is 18.3 Å². The number of hydrogen-bond donors (Lipinski definition) is 3. The summed E-state index contributed by atoms with van der Waals surface area (Å²) < 4.78 is 1.70. The number of carboxylic acids is 1. The van der Waals surface area contributed by atoms with Crippen molar-refractivity contribution >= 4 is 50.9 Å². The van der Waals surface area contributed by atoms with Gasteiger partial charge in [-0.25, -0.2) is 4.98 Å². The zero-order chi connectivity index (χ0) is 16.8. The van der Waals surface area contributed by atoms with Crippen LogP contribution in [0.3, 0.4) is 0 Å². The van der Waals surface area contributed by atoms with Crippen molar-refractivity contribution in [3.05, 3.63) is 35.8 Å². The van der Waals surface area contributed by atoms with Crippen molar-refractivity contribution in [3.8, 4) is 10.4 Å². The summed E-state index contributed by atoms with van der Waals surface area (Å²) in [6.07, 6.45) is 1.74. The monoisotopic (exact) mass is 339 g/mol. The number of thiophene rings is 1. The second kappa shape index (κ2) is 5.20. The molecule has 0 aliphatic carbocycles. The summed E-state index contributed by atoms with van der Waals surface area (Å²) in [6, 6.07) is 7.66. The van der Waals surface area contributed by atoms with E-state index in [0.717, 1.165) is 21.3 Å². The zero-order valence-electron chi connectivity index (χ0n) is 12.4. The number of carboxylic acid groups (broad SMARTS) is 1. The number of hydrogen-bond acceptors (Lipinski definition) is 6. The van der Waals surface area contributed by atoms with E-state index in [1.165, 1.54) is 0 Å². The number of nitrogen functional groups attached to an aromatic ring is 2. The molecule has 0 spiro atoms. The van der Waals surface area contributed by atoms with Gasteiger partial charge in [-0.3, -0.25) is 4.79 Å². The molecule has 3 heterocycles. The van der Waals surface area contributed by atoms with Crippen LogP contribution in [-0.4, -0.2) is 25.6 Å². The van der Waals surface area contributed by atoms with Gasteiger partial charge in [0.25, 0.3) is 0 Å². The Labute approximate surface area is 140 Å². The molecule has 0 saturated carbocycles. The molecule has 0 aliphatic heterocycles. The second-order valence-corrected chi connectivity index (χ2v) is 6.31. The van der Waals surface area contributed by atoms with Crippen LogP contribution in [0, 0.1) is 0 Å². The van der Waals surface area contributed by atoms with E-state index in [2.05, 4.69) is 9.97 Å². The van der Waals surface area contributed by atoms with Gasteiger partial charge in [-0.1, -0.05) is 6.07 Å². The normalized spacial score (nSPS) is 11.3. The average Bonchev–Trinajstić information content (AvgIpc) is 3.15. The van der Waals surface area contributed by atoms with Gasteiger partial charge in [0.1, 0.15) is 12.4 Å². The molecular weight excluding hydrogens is 326 g/mol. The number of anilines is 2. The molecule has 4 aromatic rings. The summed E-state index contributed by atoms with van der Waals surface area (Å²) in [7, 11) is 0. The summed E-state index contributed by atoms with van der Waals surface area (Å²) in [6.45, 7) is -0.136. The van der Waals surface area contributed by atoms with Crippen LogP contribution in [0.4, 0.5) is 11.8 Å². The SMILES string of the molecule is Nc1nc(N)c2c(cc(-c3cccs3)c3c2ccn3CC(=O)O)n1. The van der Waals surface area contributed by atoms with Crippen LogP contribution in [0.25, 0.3) is 32.2 Å². The maximum Gasteiger partial charge on any atom is 0.323 e. The molecule has 0 aliphatic rings. The molecule has 0 atom stereocenters. The van der Waals surface area contributed by atoms with Gasteiger partial charge >= 0.3 is 5.97 Å². The third-order valence-corrected chi connectivity index (χ3v) is 4.75. The molecule has 0 saturated heterocycles. The molecule has 3 aromatic heterocycles. The molecule has 0 bridgehead atoms. The summed E-state index contributed by atoms with van der Waals surface area (Å²) >= 11 is 1.57. The summed E-state index contributed by atoms with van der Waals surface area (Å²) in [5.74, 6) is -0.513. The Morgan fingerprint density at radius 1 is 1.29 bits per heavy atom. The van der Waals surface area contributed by atoms with Crippen LogP contribution in [0.2, 0.25) is 0 Å². The third kappa shape index (κ3) is 2.16. The maximum atomic E-state index is 11.2. The molecule has 4 rings (SSSR count). The lowest BCUT2D eigenvalue weighted by molar-refractivity contribution is -0.137. The highest BCUT2D eigenvalue weighted by molar-refractivity contribution is 7.13. The third-order valence-electron chi connectivity index (χ3n) is 3.84. The zero-order valence-corrected chi connectivity index (χ0v) is 13.2. The molecule has 8 heteroatoms. The Balaban J connectivity index is 2.17. The molecule has 24 heavy (non-hydrogen) atoms. The fourth-order valence-electron chi connectivity index (χ4n) is 2.97. The first kappa shape index (κ1) is 14.5. The fourth-order valence-corrected chi connectivity index (χ4v) is 3.72. The van der Waals surface area contributed by atoms with Crippen molar-refractivity contribution in [3.63, 3.8) is 0 Å². The molecule has 7 nitrogen and oxygen atoms in total. The number of aromatic nitrogens is 3. The predicted octanol–water partition coefficient (Wildman–Crippen LogP) is 2.56. The number of aliphatic carboxylic acids is 1. The van der Waals surface area contributed by atoms with Gasteiger partial charge in [0.2, 0.25) is 5.95 Å². The van der Waals surface area contributed by atoms with Crippen LogP contribution in [0.1, 0.15) is 0 Å². The molecular formula is C16H13N5O2S. The highest BCUT2D eigenvalue weighted by atomic mass is 32.1. The van der Waals surface area contributed by atoms with Crippen molar-refractivity contribution in [1.82, 2.24) is 14.5 Å². The highest BCUT2D eigenvalue weighted by Gasteiger charge is 2.17. The van der Waals surface area contributed by atoms with Crippen molar-refractivity contribution in [2.24, 2.45) is 0 Å². The quantitative estimate of drug-likeness (QED) is 0.527. The van der Waals surface area contributed by atoms with E-state index in [4.69, 9.17) is 11.5 Å². The van der Waals surface area contributed by atoms with Crippen LogP contribution in [-0.2, 0) is 11.3 Å². The van der Waals surface area contributed by atoms with Crippen molar-refractivity contribution in [1.29, 1.82) is 0 Å². The van der Waals surface area contributed by atoms with Gasteiger partial charge in [-0.05, 0) is 23.6 Å². The van der Waals surface area contributed by atoms with E-state index in [0.29, 0.717) is 10.9 Å². The average molecular weight is 339 g/mol. The van der Waals surface area contributed by atoms with E-state index in [1.54, 1.807) is 22.1 Å². The van der Waals surface area contributed by atoms with Gasteiger partial charge in [0.05, 0.1) is 16.4 Å². The van der Waals surface area contributed by atoms with Crippen LogP contribution in [0.5, 0.6) is 0 Å². The predicted molar refractivity (Wildman–Crippen MR) is 94.8 cm³/mol. The van der Waals surface area contributed by atoms with Gasteiger partial charge in [0, 0.05) is 22.0 Å². The first-order valence-corrected chi connectivity index (χ1v) is 8.03. The largest absolute Gasteiger partial charge is 0.480 e. The Kier molecular flexibility index (Phi) is 3.14. The minimum atomic E-state index is -0.911. The number of nitrogens with zero attached hydrogens (tertiary/aromatic N) is 3. The highest BCUT2D eigenvalue weighted by Crippen LogP contribution is 2.38. The Bertz CT molecular complexity index is 1090. The number of fused-ring (bicyclic) bond motifs is 3. The lowest BCUT2D eigenvalue weighted by Crippen LogP contribution is -2.08. The van der Waals surface area contributed by atoms with Gasteiger partial charge < -0.3 is 21.1 Å². The van der Waals surface area contributed by atoms with E-state index in [1.807, 2.05) is 29.6 Å². The number of nitrogens with two attached hydrogens (primary N) is 2. The van der Waals surface area contributed by atoms with Crippen LogP contribution < -0.4 is 11.5 Å². The lowest BCUT2D eigenvalue weighted by atomic mass is 10.0. The summed E-state index contributed by atoms with van der Waals surface area (Å²) in [4.78, 5) is 20.5. The van der Waals surface area contributed by atoms with Crippen molar-refractivity contribution in [2.75, 3.05) is 11.5 Å². The molecule has 1 aromatic carbocycles. The number of rotatable bonds is 3. The first-order valence-electron chi connectivity index (χ1n) is 7.15. The van der Waals surface area contributed by atoms with Crippen LogP contribution in [0.15, 0.2) is 35.8 Å². The topological polar surface area (TPSA) is 120 Å². The lowest BCUT2D eigenvalue weighted by Gasteiger charge is -2.11. The molecule has 0 amide bonds. The molecule has 120 valence electrons. The minimum Gasteiger partial charge on any atom is -0.480 e. The molecule has 0 radical (unpaired) electrons. The maximum absolute atomic E-state index is 11.2. The van der Waals surface area contributed by atoms with Gasteiger partial charge in [0.15, 0.2) is 0 Å². The van der Waals surface area contributed by atoms with Gasteiger partial charge in [-0.2, -0.15) is 4.98 Å². The molecule has 0 fully saturated rings. The Morgan fingerprint density at radius 2 is 2.12 bits per heavy atom. The standard InChI is InChI=1S/C16H13N5O2S/c17-15-13-8-3-4-21(7-12(22)23)14(8)9(11-2-1-5-24-11)6-10(13)19-16(18)20-15/h1-6H,7H2,(H,22,23)(H4,17,18,19,20). The first-order chi connectivity index (χ1) is 11.5. The van der Waals surface area contributed by atoms with E-state index >= 15 is 0 Å². The fraction of sp³-hybridized carbons (Fsp3) is 0.0625. The Morgan fingerprint density at radius 3 is 2.83 bits per heavy atom. The van der Waals surface area contributed by atoms with Gasteiger partial charge in [-0.15, -0.1) is 11.3 Å². The van der Waals surface area contributed by atoms with Crippen LogP contribution >= 0.6 is 11.3 Å². The second-order valence-electron chi connectivity index (χ2n) is 5.36. The summed E-state index contributed by atoms with van der Waals surface area (Å²) in [5.41, 5.74) is 14.1. The van der Waals surface area contributed by atoms with E-state index in [9.17, 15) is 9.90 Å². The molecule has 5 N–H and O–H groups in total. The Hall–Kier alpha value is -3.13.